The van der Waals surface area contributed by atoms with E-state index < -0.39 is 18.9 Å². The van der Waals surface area contributed by atoms with Crippen molar-refractivity contribution in [1.29, 1.82) is 0 Å². The number of aliphatic carboxylic acids is 1. The molecule has 0 aliphatic heterocycles. The molecule has 0 fully saturated rings. The SMILES string of the molecule is O=C(O)C=Cc1cc(Cl)ccc1OCCOC(F)(F)F. The van der Waals surface area contributed by atoms with Gasteiger partial charge in [0.25, 0.3) is 0 Å². The summed E-state index contributed by atoms with van der Waals surface area (Å²) < 4.78 is 43.9. The summed E-state index contributed by atoms with van der Waals surface area (Å²) >= 11 is 5.74. The number of benzene rings is 1. The predicted molar refractivity (Wildman–Crippen MR) is 65.6 cm³/mol. The molecule has 0 aliphatic rings. The minimum Gasteiger partial charge on any atom is -0.491 e. The molecule has 0 bridgehead atoms. The van der Waals surface area contributed by atoms with Crippen LogP contribution in [0, 0.1) is 0 Å². The highest BCUT2D eigenvalue weighted by molar-refractivity contribution is 6.30. The van der Waals surface area contributed by atoms with E-state index in [-0.39, 0.29) is 12.4 Å². The zero-order chi connectivity index (χ0) is 15.2. The molecule has 1 N–H and O–H groups in total. The van der Waals surface area contributed by atoms with Gasteiger partial charge in [-0.25, -0.2) is 4.79 Å². The molecule has 0 heterocycles. The fourth-order valence-electron chi connectivity index (χ4n) is 1.25. The quantitative estimate of drug-likeness (QED) is 0.646. The Hall–Kier alpha value is -1.73. The van der Waals surface area contributed by atoms with E-state index in [1.54, 1.807) is 0 Å². The summed E-state index contributed by atoms with van der Waals surface area (Å²) in [6, 6.07) is 4.33. The smallest absolute Gasteiger partial charge is 0.491 e. The lowest BCUT2D eigenvalue weighted by Gasteiger charge is -2.11. The largest absolute Gasteiger partial charge is 0.522 e. The van der Waals surface area contributed by atoms with Crippen molar-refractivity contribution in [3.63, 3.8) is 0 Å². The molecule has 0 aliphatic carbocycles. The van der Waals surface area contributed by atoms with Crippen LogP contribution in [0.15, 0.2) is 24.3 Å². The molecule has 1 aromatic carbocycles. The van der Waals surface area contributed by atoms with Gasteiger partial charge in [0.2, 0.25) is 0 Å². The molecule has 0 unspecified atom stereocenters. The number of hydrogen-bond acceptors (Lipinski definition) is 3. The van der Waals surface area contributed by atoms with E-state index in [9.17, 15) is 18.0 Å². The van der Waals surface area contributed by atoms with Crippen LogP contribution in [0.25, 0.3) is 6.08 Å². The lowest BCUT2D eigenvalue weighted by atomic mass is 10.2. The fourth-order valence-corrected chi connectivity index (χ4v) is 1.43. The van der Waals surface area contributed by atoms with Crippen molar-refractivity contribution in [3.8, 4) is 5.75 Å². The van der Waals surface area contributed by atoms with Crippen LogP contribution in [0.1, 0.15) is 5.56 Å². The van der Waals surface area contributed by atoms with Crippen LogP contribution in [0.5, 0.6) is 5.75 Å². The summed E-state index contributed by atoms with van der Waals surface area (Å²) in [6.45, 7) is -1.01. The van der Waals surface area contributed by atoms with Gasteiger partial charge >= 0.3 is 12.3 Å². The Morgan fingerprint density at radius 2 is 2.05 bits per heavy atom. The van der Waals surface area contributed by atoms with E-state index in [0.29, 0.717) is 10.6 Å². The highest BCUT2D eigenvalue weighted by atomic mass is 35.5. The van der Waals surface area contributed by atoms with Crippen molar-refractivity contribution in [2.24, 2.45) is 0 Å². The number of halogens is 4. The Balaban J connectivity index is 2.67. The number of alkyl halides is 3. The Bertz CT molecular complexity index is 500. The molecule has 8 heteroatoms. The lowest BCUT2D eigenvalue weighted by Crippen LogP contribution is -2.18. The number of carboxylic acids is 1. The van der Waals surface area contributed by atoms with E-state index >= 15 is 0 Å². The van der Waals surface area contributed by atoms with Crippen molar-refractivity contribution in [2.45, 2.75) is 6.36 Å². The molecule has 4 nitrogen and oxygen atoms in total. The van der Waals surface area contributed by atoms with E-state index in [0.717, 1.165) is 6.08 Å². The predicted octanol–water partition coefficient (Wildman–Crippen LogP) is 3.35. The van der Waals surface area contributed by atoms with Gasteiger partial charge in [0.1, 0.15) is 12.4 Å². The van der Waals surface area contributed by atoms with Gasteiger partial charge in [-0.1, -0.05) is 11.6 Å². The molecule has 0 amide bonds. The van der Waals surface area contributed by atoms with Crippen LogP contribution in [-0.4, -0.2) is 30.7 Å². The minimum atomic E-state index is -4.71. The Morgan fingerprint density at radius 1 is 1.35 bits per heavy atom. The topological polar surface area (TPSA) is 55.8 Å². The van der Waals surface area contributed by atoms with Crippen molar-refractivity contribution < 1.29 is 32.5 Å². The number of rotatable bonds is 6. The molecule has 0 spiro atoms. The van der Waals surface area contributed by atoms with Gasteiger partial charge in [0.05, 0.1) is 6.61 Å². The number of carbonyl (C=O) groups is 1. The van der Waals surface area contributed by atoms with Crippen LogP contribution in [0.3, 0.4) is 0 Å². The molecule has 0 atom stereocenters. The van der Waals surface area contributed by atoms with Gasteiger partial charge in [-0.05, 0) is 24.3 Å². The van der Waals surface area contributed by atoms with Crippen molar-refractivity contribution in [3.05, 3.63) is 34.9 Å². The third-order valence-corrected chi connectivity index (χ3v) is 2.22. The first kappa shape index (κ1) is 16.3. The van der Waals surface area contributed by atoms with Crippen LogP contribution in [-0.2, 0) is 9.53 Å². The van der Waals surface area contributed by atoms with Gasteiger partial charge in [0.15, 0.2) is 0 Å². The normalized spacial score (nSPS) is 11.8. The third kappa shape index (κ3) is 6.44. The van der Waals surface area contributed by atoms with E-state index in [1.807, 2.05) is 0 Å². The summed E-state index contributed by atoms with van der Waals surface area (Å²) in [5.74, 6) is -0.964. The Labute approximate surface area is 117 Å². The van der Waals surface area contributed by atoms with Crippen LogP contribution >= 0.6 is 11.6 Å². The summed E-state index contributed by atoms with van der Waals surface area (Å²) in [5.41, 5.74) is 0.340. The van der Waals surface area contributed by atoms with Gasteiger partial charge in [-0.15, -0.1) is 13.2 Å². The molecule has 0 saturated carbocycles. The van der Waals surface area contributed by atoms with E-state index in [2.05, 4.69) is 4.74 Å². The van der Waals surface area contributed by atoms with Crippen molar-refractivity contribution >= 4 is 23.6 Å². The maximum Gasteiger partial charge on any atom is 0.522 e. The molecule has 110 valence electrons. The van der Waals surface area contributed by atoms with Gasteiger partial charge in [0, 0.05) is 16.7 Å². The fraction of sp³-hybridized carbons (Fsp3) is 0.250. The molecular formula is C12H10ClF3O4. The number of carboxylic acid groups (broad SMARTS) is 1. The molecular weight excluding hydrogens is 301 g/mol. The molecule has 0 saturated heterocycles. The molecule has 0 radical (unpaired) electrons. The van der Waals surface area contributed by atoms with Crippen LogP contribution in [0.4, 0.5) is 13.2 Å². The highest BCUT2D eigenvalue weighted by Crippen LogP contribution is 2.24. The first-order chi connectivity index (χ1) is 9.28. The zero-order valence-corrected chi connectivity index (χ0v) is 10.7. The second-order valence-corrected chi connectivity index (χ2v) is 3.93. The zero-order valence-electron chi connectivity index (χ0n) is 9.98. The maximum atomic E-state index is 11.8. The summed E-state index contributed by atoms with van der Waals surface area (Å²) in [4.78, 5) is 10.4. The van der Waals surface area contributed by atoms with E-state index in [1.165, 1.54) is 24.3 Å². The average molecular weight is 311 g/mol. The Morgan fingerprint density at radius 3 is 2.65 bits per heavy atom. The minimum absolute atomic E-state index is 0.206. The summed E-state index contributed by atoms with van der Waals surface area (Å²) in [7, 11) is 0. The standard InChI is InChI=1S/C12H10ClF3O4/c13-9-2-3-10(8(7-9)1-4-11(17)18)19-5-6-20-12(14,15)16/h1-4,7H,5-6H2,(H,17,18). The Kier molecular flexibility index (Phi) is 5.84. The summed E-state index contributed by atoms with van der Waals surface area (Å²) in [5, 5.41) is 8.87. The van der Waals surface area contributed by atoms with Gasteiger partial charge < -0.3 is 9.84 Å². The summed E-state index contributed by atoms with van der Waals surface area (Å²) in [6.07, 6.45) is -2.62. The highest BCUT2D eigenvalue weighted by Gasteiger charge is 2.28. The first-order valence-electron chi connectivity index (χ1n) is 5.32. The van der Waals surface area contributed by atoms with Gasteiger partial charge in [-0.3, -0.25) is 4.74 Å². The number of hydrogen-bond donors (Lipinski definition) is 1. The second kappa shape index (κ2) is 7.16. The molecule has 1 rings (SSSR count). The number of ether oxygens (including phenoxy) is 2. The van der Waals surface area contributed by atoms with Gasteiger partial charge in [-0.2, -0.15) is 0 Å². The maximum absolute atomic E-state index is 11.8. The van der Waals surface area contributed by atoms with Crippen LogP contribution in [0.2, 0.25) is 5.02 Å². The first-order valence-corrected chi connectivity index (χ1v) is 5.70. The lowest BCUT2D eigenvalue weighted by molar-refractivity contribution is -0.325. The molecule has 0 aromatic heterocycles. The average Bonchev–Trinajstić information content (AvgIpc) is 2.32. The van der Waals surface area contributed by atoms with Crippen LogP contribution < -0.4 is 4.74 Å². The van der Waals surface area contributed by atoms with E-state index in [4.69, 9.17) is 21.4 Å². The van der Waals surface area contributed by atoms with Crippen molar-refractivity contribution in [2.75, 3.05) is 13.2 Å². The third-order valence-electron chi connectivity index (χ3n) is 1.98. The van der Waals surface area contributed by atoms with Crippen molar-refractivity contribution in [1.82, 2.24) is 0 Å². The molecule has 1 aromatic rings. The second-order valence-electron chi connectivity index (χ2n) is 3.50. The monoisotopic (exact) mass is 310 g/mol. The molecule has 20 heavy (non-hydrogen) atoms.